The standard InChI is InChI=1S/C27H25ClFN3O4/c1-3-17-8-6-14-36-26-19(10-11-20(28)22(26)29)23(18-9-5-4-7-16(18)2)32-15-30(17)27(35)24-25(34)21(33)12-13-31(24)32/h4-13,17,23,34H,3,14-15H2,1-2H3/b8-6+/t17-,23-/m0/s1. The summed E-state index contributed by atoms with van der Waals surface area (Å²) >= 11 is 6.15. The van der Waals surface area contributed by atoms with Crippen LogP contribution in [0.4, 0.5) is 4.39 Å². The van der Waals surface area contributed by atoms with Crippen LogP contribution in [0.2, 0.25) is 5.02 Å². The molecule has 0 spiro atoms. The summed E-state index contributed by atoms with van der Waals surface area (Å²) in [6.45, 7) is 4.06. The summed E-state index contributed by atoms with van der Waals surface area (Å²) in [5.41, 5.74) is 1.46. The SMILES string of the molecule is CC[C@H]1/C=C/COc2c(ccc(Cl)c2F)[C@H](c2ccccc2C)N2CN1C(=O)c1c(O)c(=O)ccn12. The van der Waals surface area contributed by atoms with Gasteiger partial charge in [-0.2, -0.15) is 0 Å². The summed E-state index contributed by atoms with van der Waals surface area (Å²) in [7, 11) is 0. The lowest BCUT2D eigenvalue weighted by Gasteiger charge is -2.46. The molecule has 1 amide bonds. The lowest BCUT2D eigenvalue weighted by Crippen LogP contribution is -2.57. The zero-order valence-electron chi connectivity index (χ0n) is 19.8. The van der Waals surface area contributed by atoms with Crippen LogP contribution in [-0.2, 0) is 0 Å². The highest BCUT2D eigenvalue weighted by Gasteiger charge is 2.40. The Balaban J connectivity index is 1.87. The molecule has 0 aliphatic carbocycles. The zero-order chi connectivity index (χ0) is 25.6. The van der Waals surface area contributed by atoms with Crippen LogP contribution in [0.5, 0.6) is 11.5 Å². The molecule has 2 atom stereocenters. The molecule has 2 aliphatic heterocycles. The van der Waals surface area contributed by atoms with Crippen LogP contribution in [0.3, 0.4) is 0 Å². The fraction of sp³-hybridized carbons (Fsp3) is 0.259. The smallest absolute Gasteiger partial charge is 0.278 e. The Kier molecular flexibility index (Phi) is 6.22. The van der Waals surface area contributed by atoms with Gasteiger partial charge in [0.1, 0.15) is 19.3 Å². The molecule has 0 saturated heterocycles. The molecular weight excluding hydrogens is 485 g/mol. The molecular formula is C27H25ClFN3O4. The van der Waals surface area contributed by atoms with E-state index < -0.39 is 28.9 Å². The van der Waals surface area contributed by atoms with Crippen molar-refractivity contribution >= 4 is 17.5 Å². The average Bonchev–Trinajstić information content (AvgIpc) is 2.89. The highest BCUT2D eigenvalue weighted by molar-refractivity contribution is 6.30. The lowest BCUT2D eigenvalue weighted by molar-refractivity contribution is 0.0626. The van der Waals surface area contributed by atoms with Gasteiger partial charge in [-0.05, 0) is 36.6 Å². The maximum atomic E-state index is 15.4. The third-order valence-corrected chi connectivity index (χ3v) is 7.04. The number of carbonyl (C=O) groups excluding carboxylic acids is 1. The van der Waals surface area contributed by atoms with Crippen molar-refractivity contribution in [2.75, 3.05) is 18.3 Å². The van der Waals surface area contributed by atoms with Gasteiger partial charge in [-0.15, -0.1) is 0 Å². The number of aromatic nitrogens is 1. The van der Waals surface area contributed by atoms with Crippen LogP contribution in [-0.4, -0.2) is 39.9 Å². The van der Waals surface area contributed by atoms with Gasteiger partial charge in [0.25, 0.3) is 5.91 Å². The van der Waals surface area contributed by atoms with Gasteiger partial charge >= 0.3 is 0 Å². The first-order valence-corrected chi connectivity index (χ1v) is 12.1. The van der Waals surface area contributed by atoms with Crippen molar-refractivity contribution in [1.29, 1.82) is 0 Å². The summed E-state index contributed by atoms with van der Waals surface area (Å²) in [6, 6.07) is 11.0. The summed E-state index contributed by atoms with van der Waals surface area (Å²) in [5, 5.41) is 12.5. The van der Waals surface area contributed by atoms with Gasteiger partial charge in [0, 0.05) is 17.8 Å². The molecule has 0 radical (unpaired) electrons. The van der Waals surface area contributed by atoms with E-state index in [2.05, 4.69) is 0 Å². The van der Waals surface area contributed by atoms with Crippen molar-refractivity contribution in [3.05, 3.63) is 104 Å². The van der Waals surface area contributed by atoms with E-state index in [4.69, 9.17) is 16.3 Å². The van der Waals surface area contributed by atoms with E-state index >= 15 is 4.39 Å². The van der Waals surface area contributed by atoms with Crippen molar-refractivity contribution in [3.63, 3.8) is 0 Å². The highest BCUT2D eigenvalue weighted by Crippen LogP contribution is 2.41. The quantitative estimate of drug-likeness (QED) is 0.514. The molecule has 9 heteroatoms. The molecule has 3 heterocycles. The molecule has 36 heavy (non-hydrogen) atoms. The van der Waals surface area contributed by atoms with Crippen LogP contribution in [0.15, 0.2) is 65.6 Å². The van der Waals surface area contributed by atoms with E-state index in [1.54, 1.807) is 17.0 Å². The van der Waals surface area contributed by atoms with Gasteiger partial charge in [-0.3, -0.25) is 19.3 Å². The number of benzene rings is 2. The summed E-state index contributed by atoms with van der Waals surface area (Å²) in [6.07, 6.45) is 5.59. The number of aromatic hydroxyl groups is 1. The van der Waals surface area contributed by atoms with Crippen molar-refractivity contribution in [2.45, 2.75) is 32.4 Å². The topological polar surface area (TPSA) is 75.0 Å². The largest absolute Gasteiger partial charge is 0.502 e. The Bertz CT molecular complexity index is 1440. The first-order chi connectivity index (χ1) is 17.3. The third kappa shape index (κ3) is 3.82. The Morgan fingerprint density at radius 2 is 1.92 bits per heavy atom. The predicted octanol–water partition coefficient (Wildman–Crippen LogP) is 4.52. The Hall–Kier alpha value is -3.78. The minimum atomic E-state index is -0.680. The molecule has 3 aromatic rings. The van der Waals surface area contributed by atoms with Gasteiger partial charge in [0.15, 0.2) is 23.0 Å². The van der Waals surface area contributed by atoms with E-state index in [0.717, 1.165) is 11.1 Å². The molecule has 2 bridgehead atoms. The molecule has 1 N–H and O–H groups in total. The molecule has 5 rings (SSSR count). The molecule has 2 aromatic carbocycles. The number of pyridine rings is 1. The minimum Gasteiger partial charge on any atom is -0.502 e. The van der Waals surface area contributed by atoms with Gasteiger partial charge in [-0.25, -0.2) is 4.39 Å². The van der Waals surface area contributed by atoms with E-state index in [0.29, 0.717) is 12.0 Å². The number of ether oxygens (including phenoxy) is 1. The summed E-state index contributed by atoms with van der Waals surface area (Å²) < 4.78 is 22.8. The molecule has 0 fully saturated rings. The van der Waals surface area contributed by atoms with Gasteiger partial charge in [0.05, 0.1) is 11.1 Å². The minimum absolute atomic E-state index is 0.00520. The molecule has 1 aromatic heterocycles. The van der Waals surface area contributed by atoms with E-state index in [1.165, 1.54) is 23.0 Å². The number of rotatable bonds is 2. The van der Waals surface area contributed by atoms with Gasteiger partial charge < -0.3 is 14.7 Å². The second-order valence-electron chi connectivity index (χ2n) is 8.83. The first-order valence-electron chi connectivity index (χ1n) is 11.7. The predicted molar refractivity (Wildman–Crippen MR) is 135 cm³/mol. The number of halogens is 2. The van der Waals surface area contributed by atoms with Gasteiger partial charge in [0.2, 0.25) is 5.43 Å². The van der Waals surface area contributed by atoms with Crippen LogP contribution < -0.4 is 15.2 Å². The second kappa shape index (κ2) is 9.35. The molecule has 186 valence electrons. The summed E-state index contributed by atoms with van der Waals surface area (Å²) in [4.78, 5) is 27.6. The second-order valence-corrected chi connectivity index (χ2v) is 9.24. The van der Waals surface area contributed by atoms with Crippen molar-refractivity contribution in [3.8, 4) is 11.5 Å². The fourth-order valence-corrected chi connectivity index (χ4v) is 5.06. The molecule has 2 aliphatic rings. The fourth-order valence-electron chi connectivity index (χ4n) is 4.91. The zero-order valence-corrected chi connectivity index (χ0v) is 20.6. The lowest BCUT2D eigenvalue weighted by atomic mass is 9.93. The number of aryl methyl sites for hydroxylation is 1. The van der Waals surface area contributed by atoms with E-state index in [1.807, 2.05) is 49.2 Å². The number of hydrogen-bond donors (Lipinski definition) is 1. The third-order valence-electron chi connectivity index (χ3n) is 6.75. The van der Waals surface area contributed by atoms with Gasteiger partial charge in [-0.1, -0.05) is 54.9 Å². The van der Waals surface area contributed by atoms with Crippen LogP contribution >= 0.6 is 11.6 Å². The average molecular weight is 510 g/mol. The van der Waals surface area contributed by atoms with Crippen LogP contribution in [0.25, 0.3) is 0 Å². The van der Waals surface area contributed by atoms with Crippen molar-refractivity contribution < 1.29 is 19.0 Å². The Labute approximate surface area is 212 Å². The number of hydrogen-bond acceptors (Lipinski definition) is 5. The van der Waals surface area contributed by atoms with E-state index in [9.17, 15) is 14.7 Å². The molecule has 0 unspecified atom stereocenters. The maximum Gasteiger partial charge on any atom is 0.278 e. The Morgan fingerprint density at radius 1 is 1.14 bits per heavy atom. The van der Waals surface area contributed by atoms with Crippen LogP contribution in [0.1, 0.15) is 46.6 Å². The Morgan fingerprint density at radius 3 is 2.67 bits per heavy atom. The first kappa shape index (κ1) is 23.9. The van der Waals surface area contributed by atoms with Crippen LogP contribution in [0, 0.1) is 12.7 Å². The molecule has 0 saturated carbocycles. The van der Waals surface area contributed by atoms with Crippen molar-refractivity contribution in [1.82, 2.24) is 9.58 Å². The number of amides is 1. The number of nitrogens with zero attached hydrogens (tertiary/aromatic N) is 3. The van der Waals surface area contributed by atoms with E-state index in [-0.39, 0.29) is 35.8 Å². The maximum absolute atomic E-state index is 15.4. The normalized spacial score (nSPS) is 20.2. The number of fused-ring (bicyclic) bond motifs is 5. The molecule has 7 nitrogen and oxygen atoms in total. The van der Waals surface area contributed by atoms with Crippen molar-refractivity contribution in [2.24, 2.45) is 0 Å². The highest BCUT2D eigenvalue weighted by atomic mass is 35.5. The number of carbonyl (C=O) groups is 1. The summed E-state index contributed by atoms with van der Waals surface area (Å²) in [5.74, 6) is -1.77. The monoisotopic (exact) mass is 509 g/mol.